The summed E-state index contributed by atoms with van der Waals surface area (Å²) in [7, 11) is 0. The van der Waals surface area contributed by atoms with Crippen molar-refractivity contribution in [3.63, 3.8) is 0 Å². The van der Waals surface area contributed by atoms with Crippen LogP contribution in [0.3, 0.4) is 0 Å². The van der Waals surface area contributed by atoms with E-state index in [1.54, 1.807) is 11.4 Å². The fourth-order valence-electron chi connectivity index (χ4n) is 3.07. The monoisotopic (exact) mass is 447 g/mol. The van der Waals surface area contributed by atoms with Gasteiger partial charge in [-0.05, 0) is 41.3 Å². The van der Waals surface area contributed by atoms with E-state index in [0.29, 0.717) is 15.8 Å². The third-order valence-electron chi connectivity index (χ3n) is 4.52. The molecule has 31 heavy (non-hydrogen) atoms. The zero-order valence-electron chi connectivity index (χ0n) is 15.6. The predicted octanol–water partition coefficient (Wildman–Crippen LogP) is 5.83. The molecule has 0 aliphatic rings. The molecule has 0 unspecified atom stereocenters. The van der Waals surface area contributed by atoms with Gasteiger partial charge in [0, 0.05) is 29.4 Å². The number of nitrogens with one attached hydrogen (secondary N) is 1. The van der Waals surface area contributed by atoms with E-state index in [9.17, 15) is 27.5 Å². The van der Waals surface area contributed by atoms with E-state index in [1.165, 1.54) is 47.9 Å². The fourth-order valence-corrected chi connectivity index (χ4v) is 3.81. The Kier molecular flexibility index (Phi) is 5.32. The van der Waals surface area contributed by atoms with E-state index < -0.39 is 29.1 Å². The van der Waals surface area contributed by atoms with Crippen molar-refractivity contribution in [1.82, 2.24) is 9.97 Å². The molecule has 5 nitrogen and oxygen atoms in total. The number of hydrogen-bond donors (Lipinski definition) is 2. The van der Waals surface area contributed by atoms with Gasteiger partial charge >= 0.3 is 12.1 Å². The third kappa shape index (κ3) is 4.33. The molecular formula is C21H13F4N3O2S. The normalized spacial score (nSPS) is 11.6. The lowest BCUT2D eigenvalue weighted by atomic mass is 9.98. The van der Waals surface area contributed by atoms with Gasteiger partial charge in [-0.25, -0.2) is 19.2 Å². The maximum absolute atomic E-state index is 13.7. The number of benzene rings is 2. The Balaban J connectivity index is 1.83. The molecule has 0 bridgehead atoms. The second-order valence-corrected chi connectivity index (χ2v) is 7.50. The molecule has 158 valence electrons. The smallest absolute Gasteiger partial charge is 0.417 e. The Morgan fingerprint density at radius 1 is 1.13 bits per heavy atom. The Hall–Kier alpha value is -3.53. The average molecular weight is 447 g/mol. The minimum atomic E-state index is -4.91. The molecule has 0 atom stereocenters. The fraction of sp³-hybridized carbons (Fsp3) is 0.0952. The summed E-state index contributed by atoms with van der Waals surface area (Å²) < 4.78 is 54.2. The molecule has 0 aliphatic carbocycles. The Bertz CT molecular complexity index is 1270. The van der Waals surface area contributed by atoms with Gasteiger partial charge < -0.3 is 10.4 Å². The molecule has 0 saturated heterocycles. The minimum absolute atomic E-state index is 0.0338. The standard InChI is InChI=1S/C21H13F4N3O2S/c22-13-3-1-11(2-4-13)9-26-14-7-15(17(20(29)30)16(8-14)21(23,24)25)18-27-10-12-5-6-31-19(12)28-18/h1-8,10,26H,9H2,(H,29,30). The first-order valence-electron chi connectivity index (χ1n) is 8.90. The number of carboxylic acid groups (broad SMARTS) is 1. The van der Waals surface area contributed by atoms with Gasteiger partial charge in [-0.1, -0.05) is 12.1 Å². The lowest BCUT2D eigenvalue weighted by Crippen LogP contribution is -2.16. The van der Waals surface area contributed by atoms with Crippen LogP contribution in [0.25, 0.3) is 21.6 Å². The number of rotatable bonds is 5. The van der Waals surface area contributed by atoms with Gasteiger partial charge in [-0.3, -0.25) is 0 Å². The van der Waals surface area contributed by atoms with E-state index in [-0.39, 0.29) is 23.6 Å². The van der Waals surface area contributed by atoms with Crippen LogP contribution in [0.2, 0.25) is 0 Å². The maximum Gasteiger partial charge on any atom is 0.417 e. The van der Waals surface area contributed by atoms with Crippen molar-refractivity contribution in [2.45, 2.75) is 12.7 Å². The zero-order chi connectivity index (χ0) is 22.2. The third-order valence-corrected chi connectivity index (χ3v) is 5.34. The lowest BCUT2D eigenvalue weighted by Gasteiger charge is -2.17. The van der Waals surface area contributed by atoms with Crippen LogP contribution in [0, 0.1) is 5.82 Å². The molecule has 0 aliphatic heterocycles. The number of aromatic nitrogens is 2. The number of hydrogen-bond acceptors (Lipinski definition) is 5. The first-order chi connectivity index (χ1) is 14.7. The summed E-state index contributed by atoms with van der Waals surface area (Å²) in [6, 6.07) is 9.23. The van der Waals surface area contributed by atoms with Gasteiger partial charge in [-0.2, -0.15) is 13.2 Å². The van der Waals surface area contributed by atoms with Crippen LogP contribution < -0.4 is 5.32 Å². The zero-order valence-corrected chi connectivity index (χ0v) is 16.4. The van der Waals surface area contributed by atoms with Gasteiger partial charge in [-0.15, -0.1) is 11.3 Å². The predicted molar refractivity (Wildman–Crippen MR) is 109 cm³/mol. The van der Waals surface area contributed by atoms with Crippen molar-refractivity contribution >= 4 is 33.2 Å². The van der Waals surface area contributed by atoms with Crippen LogP contribution in [0.15, 0.2) is 54.0 Å². The number of anilines is 1. The maximum atomic E-state index is 13.7. The van der Waals surface area contributed by atoms with E-state index in [4.69, 9.17) is 0 Å². The van der Waals surface area contributed by atoms with E-state index in [0.717, 1.165) is 6.07 Å². The number of fused-ring (bicyclic) bond motifs is 1. The highest BCUT2D eigenvalue weighted by Gasteiger charge is 2.38. The van der Waals surface area contributed by atoms with Gasteiger partial charge in [0.1, 0.15) is 10.6 Å². The molecule has 0 amide bonds. The largest absolute Gasteiger partial charge is 0.478 e. The number of nitrogens with zero attached hydrogens (tertiary/aromatic N) is 2. The van der Waals surface area contributed by atoms with E-state index in [2.05, 4.69) is 15.3 Å². The first-order valence-corrected chi connectivity index (χ1v) is 9.78. The molecule has 0 spiro atoms. The second kappa shape index (κ2) is 7.95. The van der Waals surface area contributed by atoms with Crippen LogP contribution in [0.5, 0.6) is 0 Å². The highest BCUT2D eigenvalue weighted by Crippen LogP contribution is 2.39. The van der Waals surface area contributed by atoms with E-state index >= 15 is 0 Å². The topological polar surface area (TPSA) is 75.1 Å². The molecule has 0 fully saturated rings. The molecule has 4 aromatic rings. The molecule has 2 N–H and O–H groups in total. The molecule has 2 heterocycles. The van der Waals surface area contributed by atoms with Gasteiger partial charge in [0.15, 0.2) is 5.82 Å². The van der Waals surface area contributed by atoms with E-state index in [1.807, 2.05) is 0 Å². The van der Waals surface area contributed by atoms with Gasteiger partial charge in [0.05, 0.1) is 11.1 Å². The molecule has 0 radical (unpaired) electrons. The molecule has 4 rings (SSSR count). The number of carboxylic acids is 1. The quantitative estimate of drug-likeness (QED) is 0.377. The molecule has 2 aromatic heterocycles. The summed E-state index contributed by atoms with van der Waals surface area (Å²) in [6.07, 6.45) is -3.48. The molecular weight excluding hydrogens is 434 g/mol. The van der Waals surface area contributed by atoms with Crippen LogP contribution in [0.1, 0.15) is 21.5 Å². The summed E-state index contributed by atoms with van der Waals surface area (Å²) in [5, 5.41) is 14.8. The molecule has 2 aromatic carbocycles. The average Bonchev–Trinajstić information content (AvgIpc) is 3.19. The Morgan fingerprint density at radius 2 is 1.87 bits per heavy atom. The molecule has 0 saturated carbocycles. The van der Waals surface area contributed by atoms with Crippen LogP contribution >= 0.6 is 11.3 Å². The Labute approximate surface area is 177 Å². The van der Waals surface area contributed by atoms with Gasteiger partial charge in [0.25, 0.3) is 0 Å². The highest BCUT2D eigenvalue weighted by molar-refractivity contribution is 7.16. The van der Waals surface area contributed by atoms with Crippen LogP contribution in [0.4, 0.5) is 23.2 Å². The SMILES string of the molecule is O=C(O)c1c(-c2ncc3ccsc3n2)cc(NCc2ccc(F)cc2)cc1C(F)(F)F. The summed E-state index contributed by atoms with van der Waals surface area (Å²) in [5.74, 6) is -2.29. The minimum Gasteiger partial charge on any atom is -0.478 e. The number of thiophene rings is 1. The first kappa shape index (κ1) is 20.7. The summed E-state index contributed by atoms with van der Waals surface area (Å²) in [5.41, 5.74) is -1.81. The van der Waals surface area contributed by atoms with Gasteiger partial charge in [0.2, 0.25) is 0 Å². The van der Waals surface area contributed by atoms with Crippen molar-refractivity contribution in [3.05, 3.63) is 76.5 Å². The number of alkyl halides is 3. The summed E-state index contributed by atoms with van der Waals surface area (Å²) in [6.45, 7) is 0.105. The van der Waals surface area contributed by atoms with Crippen molar-refractivity contribution in [2.75, 3.05) is 5.32 Å². The Morgan fingerprint density at radius 3 is 2.55 bits per heavy atom. The number of carbonyl (C=O) groups is 1. The summed E-state index contributed by atoms with van der Waals surface area (Å²) in [4.78, 5) is 20.6. The van der Waals surface area contributed by atoms with Crippen molar-refractivity contribution in [2.24, 2.45) is 0 Å². The van der Waals surface area contributed by atoms with Crippen molar-refractivity contribution in [1.29, 1.82) is 0 Å². The number of halogens is 4. The van der Waals surface area contributed by atoms with Crippen LogP contribution in [-0.4, -0.2) is 21.0 Å². The molecule has 10 heteroatoms. The van der Waals surface area contributed by atoms with Crippen molar-refractivity contribution in [3.8, 4) is 11.4 Å². The highest BCUT2D eigenvalue weighted by atomic mass is 32.1. The summed E-state index contributed by atoms with van der Waals surface area (Å²) >= 11 is 1.27. The van der Waals surface area contributed by atoms with Crippen molar-refractivity contribution < 1.29 is 27.5 Å². The number of aromatic carboxylic acids is 1. The second-order valence-electron chi connectivity index (χ2n) is 6.60. The van der Waals surface area contributed by atoms with Crippen LogP contribution in [-0.2, 0) is 12.7 Å². The lowest BCUT2D eigenvalue weighted by molar-refractivity contribution is -0.138.